The second-order valence-corrected chi connectivity index (χ2v) is 8.23. The molecule has 0 aromatic carbocycles. The molecule has 6 nitrogen and oxygen atoms in total. The molecule has 1 aliphatic heterocycles. The van der Waals surface area contributed by atoms with Crippen LogP contribution in [0.25, 0.3) is 0 Å². The highest BCUT2D eigenvalue weighted by molar-refractivity contribution is 7.64. The number of hydrogen-bond donors (Lipinski definition) is 1. The van der Waals surface area contributed by atoms with Gasteiger partial charge in [0.2, 0.25) is 5.91 Å². The van der Waals surface area contributed by atoms with Crippen molar-refractivity contribution >= 4 is 25.5 Å². The molecule has 1 amide bonds. The summed E-state index contributed by atoms with van der Waals surface area (Å²) in [5.74, 6) is -0.589. The first-order chi connectivity index (χ1) is 9.24. The van der Waals surface area contributed by atoms with E-state index in [9.17, 15) is 9.59 Å². The van der Waals surface area contributed by atoms with Crippen LogP contribution in [0.15, 0.2) is 0 Å². The molecule has 1 aliphatic rings. The predicted molar refractivity (Wildman–Crippen MR) is 78.8 cm³/mol. The summed E-state index contributed by atoms with van der Waals surface area (Å²) in [6.07, 6.45) is 4.17. The van der Waals surface area contributed by atoms with Gasteiger partial charge in [-0.1, -0.05) is 27.1 Å². The molecule has 0 aromatic rings. The van der Waals surface area contributed by atoms with E-state index < -0.39 is 18.9 Å². The molecule has 0 radical (unpaired) electrons. The average Bonchev–Trinajstić information content (AvgIpc) is 2.41. The van der Waals surface area contributed by atoms with Crippen LogP contribution in [-0.4, -0.2) is 50.7 Å². The van der Waals surface area contributed by atoms with Crippen molar-refractivity contribution in [1.29, 1.82) is 0 Å². The summed E-state index contributed by atoms with van der Waals surface area (Å²) in [7, 11) is -0.877. The zero-order chi connectivity index (χ0) is 15.4. The average molecular weight is 305 g/mol. The molecule has 1 fully saturated rings. The number of amides is 1. The quantitative estimate of drug-likeness (QED) is 0.614. The van der Waals surface area contributed by atoms with E-state index in [0.717, 1.165) is 0 Å². The summed E-state index contributed by atoms with van der Waals surface area (Å²) in [6, 6.07) is 0. The van der Waals surface area contributed by atoms with Crippen LogP contribution in [0.2, 0.25) is 0 Å². The van der Waals surface area contributed by atoms with Gasteiger partial charge in [-0.3, -0.25) is 9.59 Å². The molecule has 7 heteroatoms. The molecule has 1 rings (SSSR count). The van der Waals surface area contributed by atoms with E-state index in [0.29, 0.717) is 12.8 Å². The third-order valence-electron chi connectivity index (χ3n) is 3.26. The number of nitrogens with one attached hydrogen (secondary N) is 1. The van der Waals surface area contributed by atoms with E-state index in [1.807, 2.05) is 20.8 Å². The number of carbonyl (C=O) groups excluding carboxylic acids is 2. The van der Waals surface area contributed by atoms with Crippen LogP contribution in [0.4, 0.5) is 0 Å². The number of methoxy groups -OCH3 is 1. The summed E-state index contributed by atoms with van der Waals surface area (Å²) in [5.41, 5.74) is -0.425. The third kappa shape index (κ3) is 4.33. The van der Waals surface area contributed by atoms with Gasteiger partial charge in [-0.2, -0.15) is 0 Å². The number of hydrogen-bond acceptors (Lipinski definition) is 5. The standard InChI is InChI=1S/C13H24NO5P/c1-6-20(5)18-9-13(2,3)11(19-20)12(16)14-8-7-10(15)17-4/h11H,5-9H2,1-4H3,(H,14,16)/t11-,20?/m0/s1. The number of esters is 1. The summed E-state index contributed by atoms with van der Waals surface area (Å²) in [4.78, 5) is 23.3. The van der Waals surface area contributed by atoms with Gasteiger partial charge in [-0.05, 0) is 0 Å². The van der Waals surface area contributed by atoms with Gasteiger partial charge < -0.3 is 19.1 Å². The van der Waals surface area contributed by atoms with E-state index in [1.54, 1.807) is 0 Å². The molecule has 1 heterocycles. The number of rotatable bonds is 5. The van der Waals surface area contributed by atoms with E-state index in [1.165, 1.54) is 7.11 Å². The van der Waals surface area contributed by atoms with Crippen molar-refractivity contribution in [3.05, 3.63) is 0 Å². The minimum absolute atomic E-state index is 0.143. The highest BCUT2D eigenvalue weighted by Gasteiger charge is 2.44. The molecular weight excluding hydrogens is 281 g/mol. The first kappa shape index (κ1) is 17.2. The summed E-state index contributed by atoms with van der Waals surface area (Å²) >= 11 is 0. The van der Waals surface area contributed by atoms with Crippen molar-refractivity contribution in [2.75, 3.05) is 26.4 Å². The molecule has 1 N–H and O–H groups in total. The minimum atomic E-state index is -2.19. The van der Waals surface area contributed by atoms with Gasteiger partial charge in [-0.15, -0.1) is 0 Å². The van der Waals surface area contributed by atoms with Gasteiger partial charge in [0, 0.05) is 18.1 Å². The minimum Gasteiger partial charge on any atom is -0.469 e. The van der Waals surface area contributed by atoms with Crippen LogP contribution in [-0.2, 0) is 23.4 Å². The SMILES string of the molecule is C=P1(CC)OCC(C)(C)[C@H](C(=O)NCCC(=O)OC)O1. The molecule has 1 unspecified atom stereocenters. The monoisotopic (exact) mass is 305 g/mol. The Morgan fingerprint density at radius 1 is 1.50 bits per heavy atom. The summed E-state index contributed by atoms with van der Waals surface area (Å²) < 4.78 is 16.1. The van der Waals surface area contributed by atoms with Gasteiger partial charge in [0.05, 0.1) is 20.1 Å². The second-order valence-electron chi connectivity index (χ2n) is 5.50. The molecule has 2 atom stereocenters. The Kier molecular flexibility index (Phi) is 5.80. The Morgan fingerprint density at radius 2 is 2.15 bits per heavy atom. The fraction of sp³-hybridized carbons (Fsp3) is 0.769. The lowest BCUT2D eigenvalue weighted by molar-refractivity contribution is -0.141. The van der Waals surface area contributed by atoms with Crippen LogP contribution in [0.3, 0.4) is 0 Å². The number of ether oxygens (including phenoxy) is 1. The van der Waals surface area contributed by atoms with Crippen molar-refractivity contribution < 1.29 is 23.4 Å². The molecule has 0 spiro atoms. The molecule has 0 aliphatic carbocycles. The molecule has 1 saturated heterocycles. The molecular formula is C13H24NO5P. The van der Waals surface area contributed by atoms with Crippen LogP contribution in [0, 0.1) is 5.41 Å². The number of carbonyl (C=O) groups is 2. The van der Waals surface area contributed by atoms with Gasteiger partial charge in [0.15, 0.2) is 0 Å². The highest BCUT2D eigenvalue weighted by Crippen LogP contribution is 2.55. The normalized spacial score (nSPS) is 28.7. The van der Waals surface area contributed by atoms with Gasteiger partial charge >= 0.3 is 5.97 Å². The fourth-order valence-electron chi connectivity index (χ4n) is 1.78. The van der Waals surface area contributed by atoms with E-state index in [4.69, 9.17) is 9.05 Å². The maximum absolute atomic E-state index is 12.2. The van der Waals surface area contributed by atoms with E-state index in [2.05, 4.69) is 16.4 Å². The Morgan fingerprint density at radius 3 is 2.70 bits per heavy atom. The van der Waals surface area contributed by atoms with Crippen molar-refractivity contribution in [3.63, 3.8) is 0 Å². The van der Waals surface area contributed by atoms with Crippen LogP contribution < -0.4 is 5.32 Å². The fourth-order valence-corrected chi connectivity index (χ4v) is 3.50. The van der Waals surface area contributed by atoms with E-state index in [-0.39, 0.29) is 24.8 Å². The zero-order valence-corrected chi connectivity index (χ0v) is 13.5. The van der Waals surface area contributed by atoms with Gasteiger partial charge in [0.1, 0.15) is 13.4 Å². The first-order valence-electron chi connectivity index (χ1n) is 6.64. The van der Waals surface area contributed by atoms with Crippen molar-refractivity contribution in [2.45, 2.75) is 33.3 Å². The molecule has 116 valence electrons. The largest absolute Gasteiger partial charge is 0.469 e. The Balaban J connectivity index is 2.63. The zero-order valence-electron chi connectivity index (χ0n) is 12.6. The lowest BCUT2D eigenvalue weighted by Gasteiger charge is -2.43. The van der Waals surface area contributed by atoms with Gasteiger partial charge in [-0.25, -0.2) is 0 Å². The Bertz CT molecular complexity index is 421. The van der Waals surface area contributed by atoms with E-state index >= 15 is 0 Å². The topological polar surface area (TPSA) is 73.9 Å². The molecule has 0 saturated carbocycles. The maximum Gasteiger partial charge on any atom is 0.307 e. The molecule has 0 aromatic heterocycles. The highest BCUT2D eigenvalue weighted by atomic mass is 31.2. The van der Waals surface area contributed by atoms with Gasteiger partial charge in [0.25, 0.3) is 0 Å². The summed E-state index contributed by atoms with van der Waals surface area (Å²) in [6.45, 7) is 6.43. The second kappa shape index (κ2) is 6.74. The smallest absolute Gasteiger partial charge is 0.307 e. The van der Waals surface area contributed by atoms with Crippen LogP contribution in [0.1, 0.15) is 27.2 Å². The van der Waals surface area contributed by atoms with Crippen molar-refractivity contribution in [3.8, 4) is 0 Å². The van der Waals surface area contributed by atoms with Crippen molar-refractivity contribution in [1.82, 2.24) is 5.32 Å². The van der Waals surface area contributed by atoms with Crippen LogP contribution >= 0.6 is 7.34 Å². The first-order valence-corrected chi connectivity index (χ1v) is 8.63. The molecule has 20 heavy (non-hydrogen) atoms. The van der Waals surface area contributed by atoms with Crippen molar-refractivity contribution in [2.24, 2.45) is 5.41 Å². The summed E-state index contributed by atoms with van der Waals surface area (Å²) in [5, 5.41) is 2.70. The predicted octanol–water partition coefficient (Wildman–Crippen LogP) is 1.41. The third-order valence-corrected chi connectivity index (χ3v) is 5.41. The molecule has 0 bridgehead atoms. The Labute approximate surface area is 120 Å². The van der Waals surface area contributed by atoms with Crippen LogP contribution in [0.5, 0.6) is 0 Å². The maximum atomic E-state index is 12.2. The Hall–Kier alpha value is -0.840. The lowest BCUT2D eigenvalue weighted by Crippen LogP contribution is -2.50. The lowest BCUT2D eigenvalue weighted by atomic mass is 9.87.